The molecule has 31 nitrogen and oxygen atoms in total. The standard InChI is InChI=1S/C66H89ClN16O15/c1-44-40-53(74-50-13-11-49(67)12-14-50)51-41-48(10-15-54(51)83(44)45(2)84)46-6-8-47(9-7-46)62(87)71-21-24-91-26-28-93-30-32-95-34-36-97-38-39-98-37-35-96-33-31-94-29-27-92-25-22-72-64(89)60-78-55(42-81(60)4)76-57(85)16-19-70-63(88)59-52(18-23-80(59)3)75-65(90)61-79-56(43-82(61)5)77-58(86)17-20-73-66(68)69/h6-15,18,23,41-44,53,74H,16-17,19-22,24-40H2,1-5H3,(H,70,88)(H,71,87)(H,72,89)(H,75,90)(H,76,85)(H,77,86)(H4,68,69,73)/t44-,53+/m0/s1. The minimum Gasteiger partial charge on any atom is -0.378 e. The van der Waals surface area contributed by atoms with Gasteiger partial charge in [0, 0.05) is 114 Å². The summed E-state index contributed by atoms with van der Waals surface area (Å²) in [5.74, 6) is -2.75. The van der Waals surface area contributed by atoms with Crippen LogP contribution in [0.3, 0.4) is 0 Å². The van der Waals surface area contributed by atoms with Gasteiger partial charge in [-0.15, -0.1) is 0 Å². The Balaban J connectivity index is 0.614. The van der Waals surface area contributed by atoms with Crippen LogP contribution in [0.25, 0.3) is 11.1 Å². The monoisotopic (exact) mass is 1380 g/mol. The first-order chi connectivity index (χ1) is 47.3. The number of ether oxygens (including phenoxy) is 8. The van der Waals surface area contributed by atoms with E-state index in [4.69, 9.17) is 60.6 Å². The second-order valence-corrected chi connectivity index (χ2v) is 22.8. The van der Waals surface area contributed by atoms with Crippen LogP contribution in [0.1, 0.15) is 86.8 Å². The van der Waals surface area contributed by atoms with Gasteiger partial charge in [-0.2, -0.15) is 0 Å². The molecule has 1 aliphatic heterocycles. The van der Waals surface area contributed by atoms with Crippen molar-refractivity contribution in [3.8, 4) is 11.1 Å². The maximum absolute atomic E-state index is 13.2. The molecule has 6 aromatic rings. The lowest BCUT2D eigenvalue weighted by molar-refractivity contribution is -0.117. The van der Waals surface area contributed by atoms with Crippen molar-refractivity contribution in [1.82, 2.24) is 44.9 Å². The second kappa shape index (κ2) is 40.4. The van der Waals surface area contributed by atoms with E-state index in [-0.39, 0.29) is 104 Å². The van der Waals surface area contributed by atoms with Crippen LogP contribution in [0.2, 0.25) is 5.02 Å². The number of carbonyl (C=O) groups is 7. The van der Waals surface area contributed by atoms with Gasteiger partial charge in [-0.3, -0.25) is 39.0 Å². The van der Waals surface area contributed by atoms with Crippen LogP contribution in [-0.2, 0) is 73.4 Å². The first-order valence-corrected chi connectivity index (χ1v) is 32.5. The van der Waals surface area contributed by atoms with Crippen LogP contribution >= 0.6 is 11.6 Å². The third-order valence-corrected chi connectivity index (χ3v) is 15.1. The highest BCUT2D eigenvalue weighted by molar-refractivity contribution is 6.30. The van der Waals surface area contributed by atoms with E-state index in [9.17, 15) is 33.6 Å². The largest absolute Gasteiger partial charge is 0.378 e. The number of aromatic nitrogens is 5. The fourth-order valence-electron chi connectivity index (χ4n) is 10.2. The molecule has 0 radical (unpaired) electrons. The van der Waals surface area contributed by atoms with Gasteiger partial charge in [0.25, 0.3) is 23.6 Å². The number of nitrogens with one attached hydrogen (secondary N) is 9. The fraction of sp³-hybridized carbons (Fsp3) is 0.455. The summed E-state index contributed by atoms with van der Waals surface area (Å²) in [5.41, 5.74) is 10.8. The number of benzene rings is 3. The van der Waals surface area contributed by atoms with E-state index in [1.165, 1.54) is 32.2 Å². The number of fused-ring (bicyclic) bond motifs is 1. The van der Waals surface area contributed by atoms with Crippen molar-refractivity contribution in [1.29, 1.82) is 5.41 Å². The summed E-state index contributed by atoms with van der Waals surface area (Å²) < 4.78 is 48.9. The maximum atomic E-state index is 13.2. The van der Waals surface area contributed by atoms with Crippen LogP contribution in [0, 0.1) is 5.41 Å². The Labute approximate surface area is 573 Å². The predicted molar refractivity (Wildman–Crippen MR) is 367 cm³/mol. The highest BCUT2D eigenvalue weighted by atomic mass is 35.5. The topological polar surface area (TPSA) is 383 Å². The number of halogens is 1. The quantitative estimate of drug-likeness (QED) is 0.0145. The third-order valence-electron chi connectivity index (χ3n) is 14.9. The number of imidazole rings is 2. The number of anilines is 5. The number of guanidine groups is 1. The van der Waals surface area contributed by atoms with E-state index >= 15 is 0 Å². The van der Waals surface area contributed by atoms with Crippen LogP contribution in [0.4, 0.5) is 28.7 Å². The summed E-state index contributed by atoms with van der Waals surface area (Å²) in [5, 5.41) is 30.2. The molecule has 0 aliphatic carbocycles. The zero-order valence-electron chi connectivity index (χ0n) is 55.8. The minimum atomic E-state index is -0.646. The number of amides is 7. The first kappa shape index (κ1) is 76.1. The molecular weight excluding hydrogens is 1290 g/mol. The lowest BCUT2D eigenvalue weighted by Gasteiger charge is -2.39. The number of hydrogen-bond acceptors (Lipinski definition) is 19. The third kappa shape index (κ3) is 25.0. The molecule has 4 heterocycles. The van der Waals surface area contributed by atoms with E-state index in [0.29, 0.717) is 116 Å². The van der Waals surface area contributed by atoms with Crippen molar-refractivity contribution in [2.75, 3.05) is 158 Å². The summed E-state index contributed by atoms with van der Waals surface area (Å²) in [6.45, 7) is 10.3. The molecule has 0 saturated heterocycles. The molecule has 0 saturated carbocycles. The van der Waals surface area contributed by atoms with Crippen molar-refractivity contribution in [3.63, 3.8) is 0 Å². The normalized spacial score (nSPS) is 13.3. The Hall–Kier alpha value is -9.31. The molecule has 0 fully saturated rings. The van der Waals surface area contributed by atoms with Crippen LogP contribution < -0.4 is 53.2 Å². The molecule has 98 heavy (non-hydrogen) atoms. The summed E-state index contributed by atoms with van der Waals surface area (Å²) in [6, 6.07) is 22.7. The Morgan fingerprint density at radius 1 is 0.541 bits per heavy atom. The van der Waals surface area contributed by atoms with Gasteiger partial charge >= 0.3 is 0 Å². The lowest BCUT2D eigenvalue weighted by Crippen LogP contribution is -2.43. The van der Waals surface area contributed by atoms with Gasteiger partial charge in [0.1, 0.15) is 5.69 Å². The van der Waals surface area contributed by atoms with E-state index in [1.54, 1.807) is 46.4 Å². The molecule has 7 rings (SSSR count). The van der Waals surface area contributed by atoms with Crippen LogP contribution in [-0.4, -0.2) is 209 Å². The minimum absolute atomic E-state index is 0.00383. The number of carbonyl (C=O) groups excluding carboxylic acids is 7. The SMILES string of the molecule is CC(=O)N1c2ccc(-c3ccc(C(=O)NCCOCCOCCOCCOCCOCCOCCOCCOCCNC(=O)c4nc(NC(=O)CCNC(=O)c5c(NC(=O)c6nc(NC(=O)CCNC(=N)N)cn6C)ccn5C)cn4C)cc3)cc2[C@H](Nc2ccc(Cl)cc2)C[C@@H]1C. The first-order valence-electron chi connectivity index (χ1n) is 32.1. The molecule has 530 valence electrons. The number of hydrogen-bond donors (Lipinski definition) is 10. The molecule has 0 spiro atoms. The summed E-state index contributed by atoms with van der Waals surface area (Å²) in [7, 11) is 4.79. The molecule has 11 N–H and O–H groups in total. The van der Waals surface area contributed by atoms with Gasteiger partial charge < -0.3 is 105 Å². The summed E-state index contributed by atoms with van der Waals surface area (Å²) in [4.78, 5) is 100. The molecule has 1 aliphatic rings. The fourth-order valence-corrected chi connectivity index (χ4v) is 10.3. The number of aryl methyl sites for hydroxylation is 3. The van der Waals surface area contributed by atoms with Crippen molar-refractivity contribution in [2.45, 2.75) is 45.2 Å². The Morgan fingerprint density at radius 2 is 1.00 bits per heavy atom. The van der Waals surface area contributed by atoms with Gasteiger partial charge in [-0.05, 0) is 84.6 Å². The van der Waals surface area contributed by atoms with E-state index in [0.717, 1.165) is 34.5 Å². The summed E-state index contributed by atoms with van der Waals surface area (Å²) >= 11 is 6.13. The zero-order chi connectivity index (χ0) is 70.2. The van der Waals surface area contributed by atoms with Gasteiger partial charge in [-0.1, -0.05) is 29.8 Å². The Kier molecular flexibility index (Phi) is 31.4. The van der Waals surface area contributed by atoms with Gasteiger partial charge in [-0.25, -0.2) is 9.97 Å². The number of nitrogens with two attached hydrogens (primary N) is 1. The van der Waals surface area contributed by atoms with Crippen LogP contribution in [0.5, 0.6) is 0 Å². The molecule has 3 aromatic carbocycles. The second-order valence-electron chi connectivity index (χ2n) is 22.4. The smallest absolute Gasteiger partial charge is 0.291 e. The lowest BCUT2D eigenvalue weighted by atomic mass is 9.88. The van der Waals surface area contributed by atoms with Crippen LogP contribution in [0.15, 0.2) is 91.4 Å². The van der Waals surface area contributed by atoms with Gasteiger partial charge in [0.2, 0.25) is 29.4 Å². The zero-order valence-corrected chi connectivity index (χ0v) is 56.6. The Morgan fingerprint density at radius 3 is 1.50 bits per heavy atom. The van der Waals surface area contributed by atoms with Crippen molar-refractivity contribution < 1.29 is 71.5 Å². The van der Waals surface area contributed by atoms with E-state index in [1.807, 2.05) is 53.4 Å². The molecule has 7 amide bonds. The highest BCUT2D eigenvalue weighted by Gasteiger charge is 2.33. The van der Waals surface area contributed by atoms with Crippen molar-refractivity contribution >= 4 is 87.6 Å². The molecule has 0 unspecified atom stereocenters. The maximum Gasteiger partial charge on any atom is 0.291 e. The molecule has 0 bridgehead atoms. The van der Waals surface area contributed by atoms with E-state index in [2.05, 4.69) is 65.5 Å². The molecule has 3 aromatic heterocycles. The van der Waals surface area contributed by atoms with Crippen molar-refractivity contribution in [2.24, 2.45) is 26.9 Å². The van der Waals surface area contributed by atoms with Gasteiger partial charge in [0.15, 0.2) is 17.6 Å². The number of nitrogens with zero attached hydrogens (tertiary/aromatic N) is 6. The molecule has 32 heteroatoms. The number of rotatable bonds is 43. The predicted octanol–water partition coefficient (Wildman–Crippen LogP) is 4.23. The van der Waals surface area contributed by atoms with Gasteiger partial charge in [0.05, 0.1) is 117 Å². The average molecular weight is 1380 g/mol. The average Bonchev–Trinajstić information content (AvgIpc) is 1.11. The molecular formula is C66H89ClN16O15. The summed E-state index contributed by atoms with van der Waals surface area (Å²) in [6.07, 6.45) is 5.13. The van der Waals surface area contributed by atoms with E-state index < -0.39 is 29.5 Å². The van der Waals surface area contributed by atoms with Crippen molar-refractivity contribution in [3.05, 3.63) is 125 Å². The molecule has 2 atom stereocenters. The Bertz CT molecular complexity index is 3580. The highest BCUT2D eigenvalue weighted by Crippen LogP contribution is 2.41.